The van der Waals surface area contributed by atoms with Crippen LogP contribution in [0.1, 0.15) is 51.9 Å². The first kappa shape index (κ1) is 15.4. The zero-order chi connectivity index (χ0) is 13.1. The minimum atomic E-state index is 0.0825. The van der Waals surface area contributed by atoms with Crippen LogP contribution in [0.5, 0.6) is 0 Å². The molecule has 1 amide bonds. The summed E-state index contributed by atoms with van der Waals surface area (Å²) in [6, 6.07) is 0. The lowest BCUT2D eigenvalue weighted by Gasteiger charge is -2.11. The Morgan fingerprint density at radius 3 is 2.83 bits per heavy atom. The third kappa shape index (κ3) is 7.67. The highest BCUT2D eigenvalue weighted by molar-refractivity contribution is 5.77. The second kappa shape index (κ2) is 10.3. The molecule has 0 aromatic rings. The van der Waals surface area contributed by atoms with E-state index >= 15 is 0 Å². The first-order valence-electron chi connectivity index (χ1n) is 7.42. The van der Waals surface area contributed by atoms with Gasteiger partial charge in [-0.2, -0.15) is 0 Å². The van der Waals surface area contributed by atoms with Crippen molar-refractivity contribution in [3.05, 3.63) is 0 Å². The number of amides is 1. The maximum atomic E-state index is 11.5. The standard InChI is InChI=1S/C14H28N2O2/c1-2-3-4-5-6-9-15-12-14(17)16-11-13-8-7-10-18-13/h13,15H,2-12H2,1H3,(H,16,17). The average Bonchev–Trinajstić information content (AvgIpc) is 2.88. The van der Waals surface area contributed by atoms with E-state index in [0.29, 0.717) is 13.1 Å². The van der Waals surface area contributed by atoms with E-state index in [2.05, 4.69) is 17.6 Å². The number of hydrogen-bond donors (Lipinski definition) is 2. The molecule has 0 bridgehead atoms. The van der Waals surface area contributed by atoms with Crippen LogP contribution in [0, 0.1) is 0 Å². The number of unbranched alkanes of at least 4 members (excludes halogenated alkanes) is 4. The largest absolute Gasteiger partial charge is 0.376 e. The zero-order valence-electron chi connectivity index (χ0n) is 11.7. The van der Waals surface area contributed by atoms with Crippen molar-refractivity contribution in [1.29, 1.82) is 0 Å². The summed E-state index contributed by atoms with van der Waals surface area (Å²) in [5.74, 6) is 0.0825. The van der Waals surface area contributed by atoms with E-state index in [9.17, 15) is 4.79 Å². The van der Waals surface area contributed by atoms with Crippen LogP contribution >= 0.6 is 0 Å². The molecule has 2 N–H and O–H groups in total. The van der Waals surface area contributed by atoms with Crippen molar-refractivity contribution in [2.24, 2.45) is 0 Å². The van der Waals surface area contributed by atoms with Crippen LogP contribution < -0.4 is 10.6 Å². The Labute approximate surface area is 111 Å². The van der Waals surface area contributed by atoms with E-state index in [1.54, 1.807) is 0 Å². The molecule has 0 radical (unpaired) electrons. The molecule has 1 aliphatic heterocycles. The van der Waals surface area contributed by atoms with Gasteiger partial charge >= 0.3 is 0 Å². The summed E-state index contributed by atoms with van der Waals surface area (Å²) in [5, 5.41) is 6.09. The molecule has 106 valence electrons. The summed E-state index contributed by atoms with van der Waals surface area (Å²) in [7, 11) is 0. The lowest BCUT2D eigenvalue weighted by atomic mass is 10.1. The van der Waals surface area contributed by atoms with E-state index in [4.69, 9.17) is 4.74 Å². The monoisotopic (exact) mass is 256 g/mol. The number of carbonyl (C=O) groups is 1. The topological polar surface area (TPSA) is 50.4 Å². The molecule has 1 atom stereocenters. The number of carbonyl (C=O) groups excluding carboxylic acids is 1. The highest BCUT2D eigenvalue weighted by Gasteiger charge is 2.15. The van der Waals surface area contributed by atoms with Crippen molar-refractivity contribution in [1.82, 2.24) is 10.6 Å². The van der Waals surface area contributed by atoms with Crippen molar-refractivity contribution in [2.45, 2.75) is 58.0 Å². The van der Waals surface area contributed by atoms with Gasteiger partial charge in [0.05, 0.1) is 12.6 Å². The van der Waals surface area contributed by atoms with Gasteiger partial charge < -0.3 is 15.4 Å². The molecule has 0 aliphatic carbocycles. The molecule has 1 saturated heterocycles. The minimum Gasteiger partial charge on any atom is -0.376 e. The van der Waals surface area contributed by atoms with Crippen molar-refractivity contribution in [2.75, 3.05) is 26.2 Å². The molecule has 1 unspecified atom stereocenters. The Morgan fingerprint density at radius 2 is 2.11 bits per heavy atom. The number of rotatable bonds is 10. The molecule has 18 heavy (non-hydrogen) atoms. The minimum absolute atomic E-state index is 0.0825. The summed E-state index contributed by atoms with van der Waals surface area (Å²) in [4.78, 5) is 11.5. The van der Waals surface area contributed by atoms with Crippen molar-refractivity contribution < 1.29 is 9.53 Å². The van der Waals surface area contributed by atoms with Gasteiger partial charge in [-0.05, 0) is 25.8 Å². The van der Waals surface area contributed by atoms with Crippen molar-refractivity contribution in [3.8, 4) is 0 Å². The normalized spacial score (nSPS) is 19.1. The fourth-order valence-electron chi connectivity index (χ4n) is 2.15. The second-order valence-corrected chi connectivity index (χ2v) is 5.03. The first-order valence-corrected chi connectivity index (χ1v) is 7.42. The van der Waals surface area contributed by atoms with Crippen LogP contribution in [0.25, 0.3) is 0 Å². The van der Waals surface area contributed by atoms with Gasteiger partial charge in [0.15, 0.2) is 0 Å². The molecule has 1 aliphatic rings. The van der Waals surface area contributed by atoms with Crippen LogP contribution in [-0.2, 0) is 9.53 Å². The average molecular weight is 256 g/mol. The third-order valence-electron chi connectivity index (χ3n) is 3.29. The summed E-state index contributed by atoms with van der Waals surface area (Å²) >= 11 is 0. The van der Waals surface area contributed by atoms with Gasteiger partial charge in [-0.15, -0.1) is 0 Å². The van der Waals surface area contributed by atoms with Gasteiger partial charge in [0, 0.05) is 13.2 Å². The zero-order valence-corrected chi connectivity index (χ0v) is 11.7. The van der Waals surface area contributed by atoms with Gasteiger partial charge in [0.2, 0.25) is 5.91 Å². The predicted octanol–water partition coefficient (Wildman–Crippen LogP) is 1.84. The first-order chi connectivity index (χ1) is 8.83. The van der Waals surface area contributed by atoms with E-state index < -0.39 is 0 Å². The smallest absolute Gasteiger partial charge is 0.234 e. The van der Waals surface area contributed by atoms with E-state index in [0.717, 1.165) is 26.0 Å². The van der Waals surface area contributed by atoms with E-state index in [-0.39, 0.29) is 12.0 Å². The van der Waals surface area contributed by atoms with Crippen LogP contribution in [0.15, 0.2) is 0 Å². The fourth-order valence-corrected chi connectivity index (χ4v) is 2.15. The fraction of sp³-hybridized carbons (Fsp3) is 0.929. The molecule has 1 rings (SSSR count). The molecule has 0 aromatic carbocycles. The molecule has 1 heterocycles. The Morgan fingerprint density at radius 1 is 1.28 bits per heavy atom. The Balaban J connectivity index is 1.84. The second-order valence-electron chi connectivity index (χ2n) is 5.03. The van der Waals surface area contributed by atoms with Gasteiger partial charge in [0.25, 0.3) is 0 Å². The number of nitrogens with one attached hydrogen (secondary N) is 2. The maximum absolute atomic E-state index is 11.5. The Kier molecular flexibility index (Phi) is 8.86. The van der Waals surface area contributed by atoms with Gasteiger partial charge in [-0.1, -0.05) is 32.6 Å². The van der Waals surface area contributed by atoms with Gasteiger partial charge in [-0.25, -0.2) is 0 Å². The van der Waals surface area contributed by atoms with E-state index in [1.807, 2.05) is 0 Å². The molecular formula is C14H28N2O2. The summed E-state index contributed by atoms with van der Waals surface area (Å²) < 4.78 is 5.45. The maximum Gasteiger partial charge on any atom is 0.234 e. The summed E-state index contributed by atoms with van der Waals surface area (Å²) in [5.41, 5.74) is 0. The molecular weight excluding hydrogens is 228 g/mol. The summed E-state index contributed by atoms with van der Waals surface area (Å²) in [6.07, 6.45) is 8.77. The predicted molar refractivity (Wildman–Crippen MR) is 73.6 cm³/mol. The molecule has 1 fully saturated rings. The lowest BCUT2D eigenvalue weighted by Crippen LogP contribution is -2.38. The highest BCUT2D eigenvalue weighted by atomic mass is 16.5. The van der Waals surface area contributed by atoms with E-state index in [1.165, 1.54) is 32.1 Å². The lowest BCUT2D eigenvalue weighted by molar-refractivity contribution is -0.120. The van der Waals surface area contributed by atoms with Crippen LogP contribution in [0.4, 0.5) is 0 Å². The van der Waals surface area contributed by atoms with Gasteiger partial charge in [-0.3, -0.25) is 4.79 Å². The number of ether oxygens (including phenoxy) is 1. The highest BCUT2D eigenvalue weighted by Crippen LogP contribution is 2.10. The van der Waals surface area contributed by atoms with Crippen LogP contribution in [0.2, 0.25) is 0 Å². The molecule has 4 heteroatoms. The molecule has 0 aromatic heterocycles. The Bertz CT molecular complexity index is 216. The van der Waals surface area contributed by atoms with Crippen LogP contribution in [0.3, 0.4) is 0 Å². The molecule has 0 saturated carbocycles. The SMILES string of the molecule is CCCCCCCNCC(=O)NCC1CCCO1. The molecule has 4 nitrogen and oxygen atoms in total. The van der Waals surface area contributed by atoms with Crippen molar-refractivity contribution in [3.63, 3.8) is 0 Å². The quantitative estimate of drug-likeness (QED) is 0.586. The third-order valence-corrected chi connectivity index (χ3v) is 3.29. The van der Waals surface area contributed by atoms with Crippen molar-refractivity contribution >= 4 is 5.91 Å². The number of hydrogen-bond acceptors (Lipinski definition) is 3. The molecule has 0 spiro atoms. The summed E-state index contributed by atoms with van der Waals surface area (Å²) in [6.45, 7) is 5.10. The van der Waals surface area contributed by atoms with Gasteiger partial charge in [0.1, 0.15) is 0 Å². The Hall–Kier alpha value is -0.610. The van der Waals surface area contributed by atoms with Crippen LogP contribution in [-0.4, -0.2) is 38.3 Å².